The van der Waals surface area contributed by atoms with E-state index in [9.17, 15) is 9.59 Å². The summed E-state index contributed by atoms with van der Waals surface area (Å²) >= 11 is 0. The van der Waals surface area contributed by atoms with E-state index in [0.29, 0.717) is 24.2 Å². The molecular weight excluding hydrogens is 546 g/mol. The zero-order valence-electron chi connectivity index (χ0n) is 25.5. The number of nitrogens with one attached hydrogen (secondary N) is 1. The minimum atomic E-state index is -0.126. The van der Waals surface area contributed by atoms with Gasteiger partial charge in [-0.05, 0) is 117 Å². The van der Waals surface area contributed by atoms with Crippen molar-refractivity contribution in [1.29, 1.82) is 0 Å². The molecule has 8 rings (SSSR count). The first-order valence-electron chi connectivity index (χ1n) is 16.1. The molecule has 7 nitrogen and oxygen atoms in total. The number of aromatic nitrogens is 1. The van der Waals surface area contributed by atoms with Crippen LogP contribution in [-0.4, -0.2) is 52.3 Å². The second-order valence-corrected chi connectivity index (χ2v) is 13.7. The Morgan fingerprint density at radius 2 is 1.64 bits per heavy atom. The Hall–Kier alpha value is -4.15. The minimum absolute atomic E-state index is 0.0717. The smallest absolute Gasteiger partial charge is 0.257 e. The minimum Gasteiger partial charge on any atom is -0.383 e. The molecule has 3 aromatic rings. The van der Waals surface area contributed by atoms with Gasteiger partial charge in [0.05, 0.1) is 5.56 Å². The van der Waals surface area contributed by atoms with Crippen molar-refractivity contribution in [1.82, 2.24) is 14.8 Å². The van der Waals surface area contributed by atoms with Crippen molar-refractivity contribution in [2.24, 2.45) is 23.2 Å². The van der Waals surface area contributed by atoms with Gasteiger partial charge in [0.1, 0.15) is 5.82 Å². The Balaban J connectivity index is 0.913. The second kappa shape index (κ2) is 11.7. The highest BCUT2D eigenvalue weighted by Crippen LogP contribution is 2.59. The number of hydrogen-bond acceptors (Lipinski definition) is 5. The Morgan fingerprint density at radius 1 is 0.955 bits per heavy atom. The molecule has 1 saturated heterocycles. The van der Waals surface area contributed by atoms with Crippen molar-refractivity contribution in [3.05, 3.63) is 89.1 Å². The fraction of sp³-hybridized carbons (Fsp3) is 0.432. The normalized spacial score (nSPS) is 27.4. The van der Waals surface area contributed by atoms with Crippen molar-refractivity contribution in [2.75, 3.05) is 30.7 Å². The summed E-state index contributed by atoms with van der Waals surface area (Å²) in [4.78, 5) is 34.2. The van der Waals surface area contributed by atoms with Crippen LogP contribution in [-0.2, 0) is 6.54 Å². The lowest BCUT2D eigenvalue weighted by Gasteiger charge is -2.54. The Bertz CT molecular complexity index is 1570. The molecule has 3 N–H and O–H groups in total. The third kappa shape index (κ3) is 5.96. The fourth-order valence-electron chi connectivity index (χ4n) is 8.49. The fourth-order valence-corrected chi connectivity index (χ4v) is 8.49. The van der Waals surface area contributed by atoms with Crippen LogP contribution in [0.1, 0.15) is 77.3 Å². The van der Waals surface area contributed by atoms with E-state index in [1.54, 1.807) is 18.3 Å². The van der Waals surface area contributed by atoms with Gasteiger partial charge in [-0.2, -0.15) is 0 Å². The molecule has 4 aliphatic carbocycles. The average molecular weight is 588 g/mol. The van der Waals surface area contributed by atoms with E-state index in [4.69, 9.17) is 5.73 Å². The van der Waals surface area contributed by atoms with Gasteiger partial charge in [0, 0.05) is 60.6 Å². The SMILES string of the molecule is C[C@H]1CN(C(=O)c2cccnc2N)CCN1Cc1ccc(C(=O)Nc2ccc(C#CC34CC5CC(CC(C5)C3)C4)cc2)cc1. The van der Waals surface area contributed by atoms with Crippen LogP contribution in [0.2, 0.25) is 0 Å². The number of anilines is 2. The molecule has 0 spiro atoms. The van der Waals surface area contributed by atoms with E-state index in [1.807, 2.05) is 53.4 Å². The van der Waals surface area contributed by atoms with Crippen molar-refractivity contribution in [3.63, 3.8) is 0 Å². The highest BCUT2D eigenvalue weighted by molar-refractivity contribution is 6.04. The van der Waals surface area contributed by atoms with E-state index in [0.717, 1.165) is 47.7 Å². The van der Waals surface area contributed by atoms with Crippen LogP contribution in [0.25, 0.3) is 0 Å². The number of pyridine rings is 1. The second-order valence-electron chi connectivity index (χ2n) is 13.7. The lowest BCUT2D eigenvalue weighted by atomic mass is 9.50. The molecule has 5 fully saturated rings. The molecular formula is C37H41N5O2. The summed E-state index contributed by atoms with van der Waals surface area (Å²) in [6.45, 7) is 4.91. The Kier molecular flexibility index (Phi) is 7.63. The maximum absolute atomic E-state index is 13.0. The molecule has 1 aromatic heterocycles. The standard InChI is InChI=1S/C37H41N5O2/c1-25-23-42(36(44)33-3-2-14-39-34(33)38)16-15-41(25)24-27-4-8-31(9-5-27)35(43)40-32-10-6-26(7-11-32)12-13-37-20-28-17-29(21-37)19-30(18-28)22-37/h2-11,14,25,28-30H,15-24H2,1H3,(H2,38,39)(H,40,43)/t25-,28?,29?,30?,37?/m0/s1. The third-order valence-electron chi connectivity index (χ3n) is 10.4. The van der Waals surface area contributed by atoms with Gasteiger partial charge < -0.3 is 16.0 Å². The first kappa shape index (κ1) is 28.6. The van der Waals surface area contributed by atoms with Crippen LogP contribution in [0.5, 0.6) is 0 Å². The van der Waals surface area contributed by atoms with Crippen LogP contribution in [0.4, 0.5) is 11.5 Å². The summed E-state index contributed by atoms with van der Waals surface area (Å²) in [6.07, 6.45) is 9.76. The lowest BCUT2D eigenvalue weighted by Crippen LogP contribution is -2.53. The van der Waals surface area contributed by atoms with Crippen molar-refractivity contribution in [2.45, 2.75) is 58.0 Å². The number of piperazine rings is 1. The number of hydrogen-bond donors (Lipinski definition) is 2. The monoisotopic (exact) mass is 587 g/mol. The highest BCUT2D eigenvalue weighted by atomic mass is 16.2. The van der Waals surface area contributed by atoms with Gasteiger partial charge in [-0.1, -0.05) is 24.0 Å². The maximum atomic E-state index is 13.0. The van der Waals surface area contributed by atoms with Crippen LogP contribution >= 0.6 is 0 Å². The first-order valence-corrected chi connectivity index (χ1v) is 16.1. The van der Waals surface area contributed by atoms with E-state index >= 15 is 0 Å². The molecule has 1 atom stereocenters. The number of nitrogen functional groups attached to an aromatic ring is 1. The van der Waals surface area contributed by atoms with Gasteiger partial charge in [0.2, 0.25) is 0 Å². The number of carbonyl (C=O) groups excluding carboxylic acids is 2. The quantitative estimate of drug-likeness (QED) is 0.367. The van der Waals surface area contributed by atoms with Crippen molar-refractivity contribution < 1.29 is 9.59 Å². The number of rotatable bonds is 5. The van der Waals surface area contributed by atoms with Crippen LogP contribution in [0.15, 0.2) is 66.9 Å². The van der Waals surface area contributed by atoms with Gasteiger partial charge >= 0.3 is 0 Å². The van der Waals surface area contributed by atoms with E-state index in [2.05, 4.69) is 34.0 Å². The van der Waals surface area contributed by atoms with Crippen LogP contribution < -0.4 is 11.1 Å². The molecule has 226 valence electrons. The third-order valence-corrected chi connectivity index (χ3v) is 10.4. The van der Waals surface area contributed by atoms with Gasteiger partial charge in [0.15, 0.2) is 0 Å². The summed E-state index contributed by atoms with van der Waals surface area (Å²) in [5.74, 6) is 9.97. The molecule has 44 heavy (non-hydrogen) atoms. The first-order chi connectivity index (χ1) is 21.3. The summed E-state index contributed by atoms with van der Waals surface area (Å²) in [5, 5.41) is 3.03. The Morgan fingerprint density at radius 3 is 2.27 bits per heavy atom. The predicted octanol–water partition coefficient (Wildman–Crippen LogP) is 5.83. The average Bonchev–Trinajstić information content (AvgIpc) is 3.01. The lowest BCUT2D eigenvalue weighted by molar-refractivity contribution is -0.0181. The summed E-state index contributed by atoms with van der Waals surface area (Å²) in [7, 11) is 0. The summed E-state index contributed by atoms with van der Waals surface area (Å²) in [5.41, 5.74) is 10.2. The molecule has 2 amide bonds. The highest BCUT2D eigenvalue weighted by Gasteiger charge is 2.50. The number of nitrogens with two attached hydrogens (primary N) is 1. The number of amides is 2. The van der Waals surface area contributed by atoms with Gasteiger partial charge in [-0.15, -0.1) is 0 Å². The van der Waals surface area contributed by atoms with Gasteiger partial charge in [0.25, 0.3) is 11.8 Å². The summed E-state index contributed by atoms with van der Waals surface area (Å²) < 4.78 is 0. The molecule has 5 aliphatic rings. The molecule has 0 unspecified atom stereocenters. The van der Waals surface area contributed by atoms with E-state index < -0.39 is 0 Å². The largest absolute Gasteiger partial charge is 0.383 e. The number of nitrogens with zero attached hydrogens (tertiary/aromatic N) is 3. The van der Waals surface area contributed by atoms with Crippen LogP contribution in [0.3, 0.4) is 0 Å². The van der Waals surface area contributed by atoms with E-state index in [-0.39, 0.29) is 29.1 Å². The molecule has 0 radical (unpaired) electrons. The molecule has 7 heteroatoms. The summed E-state index contributed by atoms with van der Waals surface area (Å²) in [6, 6.07) is 19.4. The van der Waals surface area contributed by atoms with Crippen molar-refractivity contribution in [3.8, 4) is 11.8 Å². The van der Waals surface area contributed by atoms with Crippen molar-refractivity contribution >= 4 is 23.3 Å². The Labute approximate surface area is 260 Å². The predicted molar refractivity (Wildman–Crippen MR) is 173 cm³/mol. The number of benzene rings is 2. The molecule has 4 bridgehead atoms. The number of carbonyl (C=O) groups is 2. The molecule has 2 heterocycles. The van der Waals surface area contributed by atoms with E-state index in [1.165, 1.54) is 38.5 Å². The zero-order chi connectivity index (χ0) is 30.3. The molecule has 4 saturated carbocycles. The topological polar surface area (TPSA) is 91.6 Å². The molecule has 2 aromatic carbocycles. The zero-order valence-corrected chi connectivity index (χ0v) is 25.5. The van der Waals surface area contributed by atoms with Gasteiger partial charge in [-0.25, -0.2) is 4.98 Å². The molecule has 1 aliphatic heterocycles. The van der Waals surface area contributed by atoms with Gasteiger partial charge in [-0.3, -0.25) is 14.5 Å². The maximum Gasteiger partial charge on any atom is 0.257 e. The van der Waals surface area contributed by atoms with Crippen LogP contribution in [0, 0.1) is 35.0 Å².